The maximum absolute atomic E-state index is 12.7. The van der Waals surface area contributed by atoms with Crippen LogP contribution in [0.5, 0.6) is 0 Å². The maximum atomic E-state index is 12.7. The van der Waals surface area contributed by atoms with E-state index in [-0.39, 0.29) is 29.3 Å². The predicted octanol–water partition coefficient (Wildman–Crippen LogP) is -0.395. The number of H-pyrrole nitrogens is 1. The summed E-state index contributed by atoms with van der Waals surface area (Å²) in [5, 5.41) is 3.22. The molecule has 2 aliphatic heterocycles. The van der Waals surface area contributed by atoms with E-state index in [0.29, 0.717) is 38.5 Å². The summed E-state index contributed by atoms with van der Waals surface area (Å²) < 4.78 is 0. The van der Waals surface area contributed by atoms with Crippen LogP contribution < -0.4 is 10.9 Å². The van der Waals surface area contributed by atoms with Gasteiger partial charge in [0.25, 0.3) is 5.56 Å². The van der Waals surface area contributed by atoms with E-state index in [1.54, 1.807) is 17.9 Å². The minimum atomic E-state index is -0.325. The molecule has 2 fully saturated rings. The van der Waals surface area contributed by atoms with Crippen molar-refractivity contribution in [2.24, 2.45) is 0 Å². The van der Waals surface area contributed by atoms with E-state index in [1.165, 1.54) is 6.92 Å². The molecule has 8 heteroatoms. The molecule has 2 saturated heterocycles. The fraction of sp³-hybridized carbons (Fsp3) is 0.647. The van der Waals surface area contributed by atoms with Crippen LogP contribution in [0, 0.1) is 6.92 Å². The lowest BCUT2D eigenvalue weighted by Crippen LogP contribution is -2.59. The van der Waals surface area contributed by atoms with Gasteiger partial charge in [-0.25, -0.2) is 4.98 Å². The molecular formula is C17H25N5O3. The third kappa shape index (κ3) is 4.07. The number of nitrogens with zero attached hydrogens (tertiary/aromatic N) is 3. The fourth-order valence-corrected chi connectivity index (χ4v) is 3.63. The van der Waals surface area contributed by atoms with Gasteiger partial charge in [0.1, 0.15) is 11.9 Å². The number of carbonyl (C=O) groups is 2. The number of aromatic amines is 1. The van der Waals surface area contributed by atoms with Crippen LogP contribution in [0.4, 0.5) is 0 Å². The third-order valence-electron chi connectivity index (χ3n) is 5.02. The number of piperidine rings is 1. The van der Waals surface area contributed by atoms with Crippen molar-refractivity contribution in [2.75, 3.05) is 32.7 Å². The van der Waals surface area contributed by atoms with E-state index in [2.05, 4.69) is 15.3 Å². The van der Waals surface area contributed by atoms with Crippen molar-refractivity contribution >= 4 is 11.8 Å². The minimum absolute atomic E-state index is 0.00810. The van der Waals surface area contributed by atoms with E-state index < -0.39 is 0 Å². The number of nitrogens with one attached hydrogen (secondary N) is 2. The number of carbonyl (C=O) groups excluding carboxylic acids is 2. The highest BCUT2D eigenvalue weighted by Gasteiger charge is 2.32. The van der Waals surface area contributed by atoms with Gasteiger partial charge in [-0.1, -0.05) is 0 Å². The van der Waals surface area contributed by atoms with Crippen LogP contribution >= 0.6 is 0 Å². The summed E-state index contributed by atoms with van der Waals surface area (Å²) in [6.07, 6.45) is 1.59. The van der Waals surface area contributed by atoms with Gasteiger partial charge >= 0.3 is 0 Å². The quantitative estimate of drug-likeness (QED) is 0.759. The first-order valence-electron chi connectivity index (χ1n) is 8.79. The summed E-state index contributed by atoms with van der Waals surface area (Å²) in [6, 6.07) is 1.23. The molecule has 0 saturated carbocycles. The van der Waals surface area contributed by atoms with Crippen LogP contribution in [0.1, 0.15) is 37.2 Å². The summed E-state index contributed by atoms with van der Waals surface area (Å²) in [5.74, 6) is 0.892. The summed E-state index contributed by atoms with van der Waals surface area (Å²) >= 11 is 0. The van der Waals surface area contributed by atoms with Gasteiger partial charge in [-0.05, 0) is 19.8 Å². The minimum Gasteiger partial charge on any atom is -0.341 e. The number of aromatic nitrogens is 2. The summed E-state index contributed by atoms with van der Waals surface area (Å²) in [6.45, 7) is 6.33. The first kappa shape index (κ1) is 17.6. The van der Waals surface area contributed by atoms with Crippen molar-refractivity contribution in [3.05, 3.63) is 27.9 Å². The topological polar surface area (TPSA) is 98.4 Å². The molecule has 0 aromatic carbocycles. The highest BCUT2D eigenvalue weighted by Crippen LogP contribution is 2.26. The molecule has 3 heterocycles. The lowest BCUT2D eigenvalue weighted by atomic mass is 9.93. The van der Waals surface area contributed by atoms with Crippen molar-refractivity contribution < 1.29 is 9.59 Å². The molecule has 0 aliphatic carbocycles. The Bertz CT molecular complexity index is 708. The van der Waals surface area contributed by atoms with E-state index in [0.717, 1.165) is 18.5 Å². The van der Waals surface area contributed by atoms with E-state index in [9.17, 15) is 14.4 Å². The van der Waals surface area contributed by atoms with Gasteiger partial charge in [0.2, 0.25) is 11.8 Å². The van der Waals surface area contributed by atoms with E-state index in [1.807, 2.05) is 4.90 Å². The second kappa shape index (κ2) is 7.35. The Labute approximate surface area is 146 Å². The van der Waals surface area contributed by atoms with Gasteiger partial charge in [-0.2, -0.15) is 0 Å². The Morgan fingerprint density at radius 1 is 1.20 bits per heavy atom. The average molecular weight is 347 g/mol. The number of hydrogen-bond donors (Lipinski definition) is 2. The molecule has 0 spiro atoms. The van der Waals surface area contributed by atoms with Crippen molar-refractivity contribution in [2.45, 2.75) is 38.6 Å². The van der Waals surface area contributed by atoms with E-state index in [4.69, 9.17) is 0 Å². The smallest absolute Gasteiger partial charge is 0.251 e. The normalized spacial score (nSPS) is 22.1. The molecule has 3 rings (SSSR count). The average Bonchev–Trinajstić information content (AvgIpc) is 2.60. The zero-order valence-electron chi connectivity index (χ0n) is 14.7. The molecule has 1 aromatic heterocycles. The molecule has 0 unspecified atom stereocenters. The van der Waals surface area contributed by atoms with Gasteiger partial charge in [-0.15, -0.1) is 0 Å². The number of amides is 2. The number of rotatable bonds is 2. The SMILES string of the molecule is CC(=O)N1CCN[C@H](C(=O)N2CCC(c3cc(=O)[nH]c(C)n3)CC2)C1. The van der Waals surface area contributed by atoms with Crippen LogP contribution in [0.15, 0.2) is 10.9 Å². The number of piperazine rings is 1. The fourth-order valence-electron chi connectivity index (χ4n) is 3.63. The molecule has 0 radical (unpaired) electrons. The molecule has 1 atom stereocenters. The van der Waals surface area contributed by atoms with Gasteiger partial charge < -0.3 is 20.1 Å². The molecule has 25 heavy (non-hydrogen) atoms. The summed E-state index contributed by atoms with van der Waals surface area (Å²) in [7, 11) is 0. The molecular weight excluding hydrogens is 322 g/mol. The third-order valence-corrected chi connectivity index (χ3v) is 5.02. The van der Waals surface area contributed by atoms with Crippen LogP contribution in [0.3, 0.4) is 0 Å². The predicted molar refractivity (Wildman–Crippen MR) is 92.2 cm³/mol. The summed E-state index contributed by atoms with van der Waals surface area (Å²) in [5.41, 5.74) is 0.684. The lowest BCUT2D eigenvalue weighted by Gasteiger charge is -2.38. The van der Waals surface area contributed by atoms with Gasteiger partial charge in [0, 0.05) is 51.6 Å². The Morgan fingerprint density at radius 3 is 2.56 bits per heavy atom. The number of aryl methyl sites for hydroxylation is 1. The standard InChI is InChI=1S/C17H25N5O3/c1-11-19-14(9-16(24)20-11)13-3-6-21(7-4-13)17(25)15-10-22(12(2)23)8-5-18-15/h9,13,15,18H,3-8,10H2,1-2H3,(H,19,20,24)/t15-/m0/s1. The van der Waals surface area contributed by atoms with Crippen molar-refractivity contribution in [3.63, 3.8) is 0 Å². The Hall–Kier alpha value is -2.22. The van der Waals surface area contributed by atoms with Gasteiger partial charge in [0.05, 0.1) is 5.69 Å². The first-order chi connectivity index (χ1) is 11.9. The van der Waals surface area contributed by atoms with E-state index >= 15 is 0 Å². The number of likely N-dealkylation sites (tertiary alicyclic amines) is 1. The lowest BCUT2D eigenvalue weighted by molar-refractivity contribution is -0.138. The van der Waals surface area contributed by atoms with Crippen LogP contribution in [0.2, 0.25) is 0 Å². The molecule has 136 valence electrons. The Morgan fingerprint density at radius 2 is 1.92 bits per heavy atom. The van der Waals surface area contributed by atoms with Gasteiger partial charge in [-0.3, -0.25) is 14.4 Å². The molecule has 1 aromatic rings. The molecule has 8 nitrogen and oxygen atoms in total. The maximum Gasteiger partial charge on any atom is 0.251 e. The second-order valence-corrected chi connectivity index (χ2v) is 6.83. The zero-order valence-corrected chi connectivity index (χ0v) is 14.7. The van der Waals surface area contributed by atoms with Crippen molar-refractivity contribution in [3.8, 4) is 0 Å². The van der Waals surface area contributed by atoms with Crippen molar-refractivity contribution in [1.82, 2.24) is 25.1 Å². The number of hydrogen-bond acceptors (Lipinski definition) is 5. The second-order valence-electron chi connectivity index (χ2n) is 6.83. The van der Waals surface area contributed by atoms with Crippen LogP contribution in [-0.4, -0.2) is 70.3 Å². The monoisotopic (exact) mass is 347 g/mol. The highest BCUT2D eigenvalue weighted by atomic mass is 16.2. The Kier molecular flexibility index (Phi) is 5.17. The zero-order chi connectivity index (χ0) is 18.0. The summed E-state index contributed by atoms with van der Waals surface area (Å²) in [4.78, 5) is 46.6. The molecule has 2 aliphatic rings. The van der Waals surface area contributed by atoms with Crippen LogP contribution in [0.25, 0.3) is 0 Å². The highest BCUT2D eigenvalue weighted by molar-refractivity contribution is 5.83. The molecule has 0 bridgehead atoms. The first-order valence-corrected chi connectivity index (χ1v) is 8.79. The van der Waals surface area contributed by atoms with Crippen LogP contribution in [-0.2, 0) is 9.59 Å². The molecule has 2 amide bonds. The molecule has 2 N–H and O–H groups in total. The van der Waals surface area contributed by atoms with Crippen molar-refractivity contribution in [1.29, 1.82) is 0 Å². The Balaban J connectivity index is 1.59. The van der Waals surface area contributed by atoms with Gasteiger partial charge in [0.15, 0.2) is 0 Å². The largest absolute Gasteiger partial charge is 0.341 e.